The molecule has 20 heavy (non-hydrogen) atoms. The lowest BCUT2D eigenvalue weighted by Crippen LogP contribution is -2.07. The number of benzene rings is 1. The van der Waals surface area contributed by atoms with Crippen molar-refractivity contribution in [2.24, 2.45) is 0 Å². The van der Waals surface area contributed by atoms with E-state index in [9.17, 15) is 0 Å². The first-order valence-electron chi connectivity index (χ1n) is 6.58. The molecule has 1 unspecified atom stereocenters. The van der Waals surface area contributed by atoms with E-state index in [1.165, 1.54) is 11.3 Å². The number of hydrogen-bond acceptors (Lipinski definition) is 4. The molecular weight excluding hydrogens is 252 g/mol. The first-order chi connectivity index (χ1) is 9.83. The topological polar surface area (TPSA) is 62.8 Å². The summed E-state index contributed by atoms with van der Waals surface area (Å²) in [6, 6.07) is 12.3. The maximum absolute atomic E-state index is 5.13. The Hall–Kier alpha value is -2.56. The van der Waals surface area contributed by atoms with E-state index in [4.69, 9.17) is 4.74 Å². The van der Waals surface area contributed by atoms with Crippen molar-refractivity contribution in [3.8, 4) is 5.88 Å². The second kappa shape index (κ2) is 4.23. The molecule has 0 amide bonds. The summed E-state index contributed by atoms with van der Waals surface area (Å²) >= 11 is 0. The normalized spacial score (nSPS) is 16.9. The first-order valence-corrected chi connectivity index (χ1v) is 6.58. The van der Waals surface area contributed by atoms with Gasteiger partial charge >= 0.3 is 0 Å². The first kappa shape index (κ1) is 11.3. The molecule has 0 fully saturated rings. The second-order valence-electron chi connectivity index (χ2n) is 4.91. The number of rotatable bonds is 2. The average Bonchev–Trinajstić information content (AvgIpc) is 3.09. The van der Waals surface area contributed by atoms with Crippen LogP contribution in [0.3, 0.4) is 0 Å². The number of hydrogen-bond donors (Lipinski definition) is 2. The lowest BCUT2D eigenvalue weighted by molar-refractivity contribution is 0.399. The van der Waals surface area contributed by atoms with E-state index in [1.54, 1.807) is 7.11 Å². The summed E-state index contributed by atoms with van der Waals surface area (Å²) in [6.45, 7) is 0. The highest BCUT2D eigenvalue weighted by atomic mass is 16.5. The average molecular weight is 266 g/mol. The Labute approximate surface area is 116 Å². The maximum atomic E-state index is 5.13. The van der Waals surface area contributed by atoms with Gasteiger partial charge in [0.1, 0.15) is 5.82 Å². The van der Waals surface area contributed by atoms with Crippen LogP contribution in [0.1, 0.15) is 17.4 Å². The highest BCUT2D eigenvalue weighted by molar-refractivity contribution is 5.71. The Morgan fingerprint density at radius 3 is 2.90 bits per heavy atom. The van der Waals surface area contributed by atoms with Gasteiger partial charge in [0.15, 0.2) is 5.65 Å². The number of aromatic amines is 1. The number of para-hydroxylation sites is 1. The predicted octanol–water partition coefficient (Wildman–Crippen LogP) is 2.68. The van der Waals surface area contributed by atoms with E-state index < -0.39 is 0 Å². The van der Waals surface area contributed by atoms with Crippen LogP contribution < -0.4 is 10.1 Å². The molecule has 5 heteroatoms. The molecule has 1 atom stereocenters. The van der Waals surface area contributed by atoms with Gasteiger partial charge in [-0.2, -0.15) is 4.98 Å². The quantitative estimate of drug-likeness (QED) is 0.748. The summed E-state index contributed by atoms with van der Waals surface area (Å²) in [6.07, 6.45) is 0.938. The number of H-pyrrole nitrogens is 1. The minimum absolute atomic E-state index is 0.174. The van der Waals surface area contributed by atoms with Crippen molar-refractivity contribution in [1.29, 1.82) is 0 Å². The smallest absolute Gasteiger partial charge is 0.215 e. The lowest BCUT2D eigenvalue weighted by atomic mass is 10.1. The van der Waals surface area contributed by atoms with Gasteiger partial charge in [0.2, 0.25) is 5.88 Å². The van der Waals surface area contributed by atoms with Crippen molar-refractivity contribution >= 4 is 16.9 Å². The molecule has 1 aliphatic rings. The molecule has 0 saturated carbocycles. The maximum Gasteiger partial charge on any atom is 0.215 e. The van der Waals surface area contributed by atoms with Crippen molar-refractivity contribution < 1.29 is 4.74 Å². The molecule has 0 spiro atoms. The van der Waals surface area contributed by atoms with Gasteiger partial charge in [-0.05, 0) is 17.7 Å². The molecule has 3 heterocycles. The summed E-state index contributed by atoms with van der Waals surface area (Å²) in [5, 5.41) is 3.49. The summed E-state index contributed by atoms with van der Waals surface area (Å²) in [5.74, 6) is 1.50. The van der Waals surface area contributed by atoms with Crippen molar-refractivity contribution in [3.05, 3.63) is 47.8 Å². The number of imidazole rings is 1. The molecule has 0 radical (unpaired) electrons. The summed E-state index contributed by atoms with van der Waals surface area (Å²) < 4.78 is 5.13. The van der Waals surface area contributed by atoms with Crippen LogP contribution in [0.2, 0.25) is 0 Å². The van der Waals surface area contributed by atoms with Gasteiger partial charge in [-0.1, -0.05) is 18.2 Å². The fourth-order valence-corrected chi connectivity index (χ4v) is 2.64. The molecule has 1 aliphatic heterocycles. The van der Waals surface area contributed by atoms with Crippen molar-refractivity contribution in [2.45, 2.75) is 12.5 Å². The van der Waals surface area contributed by atoms with Gasteiger partial charge in [-0.3, -0.25) is 0 Å². The molecule has 0 aliphatic carbocycles. The van der Waals surface area contributed by atoms with Crippen LogP contribution in [-0.2, 0) is 6.42 Å². The minimum atomic E-state index is 0.174. The Morgan fingerprint density at radius 1 is 1.15 bits per heavy atom. The SMILES string of the molecule is COc1ccc2[nH]c(C3Cc4ccccc4N3)nc2n1. The van der Waals surface area contributed by atoms with Crippen LogP contribution in [0.4, 0.5) is 5.69 Å². The number of ether oxygens (including phenoxy) is 1. The highest BCUT2D eigenvalue weighted by Crippen LogP contribution is 2.33. The van der Waals surface area contributed by atoms with Crippen LogP contribution in [-0.4, -0.2) is 22.1 Å². The fourth-order valence-electron chi connectivity index (χ4n) is 2.64. The molecule has 4 rings (SSSR count). The number of fused-ring (bicyclic) bond motifs is 2. The molecular formula is C15H14N4O. The summed E-state index contributed by atoms with van der Waals surface area (Å²) in [7, 11) is 1.61. The molecule has 0 bridgehead atoms. The van der Waals surface area contributed by atoms with Crippen LogP contribution in [0.25, 0.3) is 11.2 Å². The number of anilines is 1. The van der Waals surface area contributed by atoms with Gasteiger partial charge in [-0.25, -0.2) is 4.98 Å². The standard InChI is InChI=1S/C15H14N4O/c1-20-13-7-6-11-14(18-13)19-15(17-11)12-8-9-4-2-3-5-10(9)16-12/h2-7,12,16H,8H2,1H3,(H,17,18,19). The minimum Gasteiger partial charge on any atom is -0.481 e. The van der Waals surface area contributed by atoms with Gasteiger partial charge in [0, 0.05) is 18.2 Å². The van der Waals surface area contributed by atoms with Crippen LogP contribution in [0.5, 0.6) is 5.88 Å². The zero-order chi connectivity index (χ0) is 13.5. The van der Waals surface area contributed by atoms with E-state index in [1.807, 2.05) is 18.2 Å². The third-order valence-electron chi connectivity index (χ3n) is 3.65. The van der Waals surface area contributed by atoms with Crippen LogP contribution >= 0.6 is 0 Å². The molecule has 1 aromatic carbocycles. The van der Waals surface area contributed by atoms with Crippen molar-refractivity contribution in [1.82, 2.24) is 15.0 Å². The van der Waals surface area contributed by atoms with Gasteiger partial charge in [0.25, 0.3) is 0 Å². The number of methoxy groups -OCH3 is 1. The number of nitrogens with one attached hydrogen (secondary N) is 2. The highest BCUT2D eigenvalue weighted by Gasteiger charge is 2.24. The van der Waals surface area contributed by atoms with Crippen LogP contribution in [0.15, 0.2) is 36.4 Å². The van der Waals surface area contributed by atoms with E-state index >= 15 is 0 Å². The predicted molar refractivity (Wildman–Crippen MR) is 77.0 cm³/mol. The molecule has 100 valence electrons. The van der Waals surface area contributed by atoms with E-state index in [0.29, 0.717) is 11.5 Å². The van der Waals surface area contributed by atoms with Crippen molar-refractivity contribution in [2.75, 3.05) is 12.4 Å². The largest absolute Gasteiger partial charge is 0.481 e. The van der Waals surface area contributed by atoms with E-state index in [-0.39, 0.29) is 6.04 Å². The summed E-state index contributed by atoms with van der Waals surface area (Å²) in [5.41, 5.74) is 4.13. The number of pyridine rings is 1. The van der Waals surface area contributed by atoms with Crippen molar-refractivity contribution in [3.63, 3.8) is 0 Å². The molecule has 0 saturated heterocycles. The van der Waals surface area contributed by atoms with E-state index in [0.717, 1.165) is 17.8 Å². The lowest BCUT2D eigenvalue weighted by Gasteiger charge is -2.06. The number of aromatic nitrogens is 3. The molecule has 2 N–H and O–H groups in total. The Bertz CT molecular complexity index is 755. The van der Waals surface area contributed by atoms with Gasteiger partial charge < -0.3 is 15.0 Å². The molecule has 2 aromatic heterocycles. The van der Waals surface area contributed by atoms with Gasteiger partial charge in [0.05, 0.1) is 18.7 Å². The Balaban J connectivity index is 1.70. The fraction of sp³-hybridized carbons (Fsp3) is 0.200. The third kappa shape index (κ3) is 1.71. The van der Waals surface area contributed by atoms with Gasteiger partial charge in [-0.15, -0.1) is 0 Å². The van der Waals surface area contributed by atoms with Crippen LogP contribution in [0, 0.1) is 0 Å². The molecule has 3 aromatic rings. The Morgan fingerprint density at radius 2 is 2.05 bits per heavy atom. The Kier molecular flexibility index (Phi) is 2.39. The monoisotopic (exact) mass is 266 g/mol. The van der Waals surface area contributed by atoms with E-state index in [2.05, 4.69) is 38.5 Å². The third-order valence-corrected chi connectivity index (χ3v) is 3.65. The zero-order valence-corrected chi connectivity index (χ0v) is 11.1. The summed E-state index contributed by atoms with van der Waals surface area (Å²) in [4.78, 5) is 12.3. The number of nitrogens with zero attached hydrogens (tertiary/aromatic N) is 2. The molecule has 5 nitrogen and oxygen atoms in total. The zero-order valence-electron chi connectivity index (χ0n) is 11.1. The second-order valence-corrected chi connectivity index (χ2v) is 4.91.